The van der Waals surface area contributed by atoms with Gasteiger partial charge in [0.25, 0.3) is 0 Å². The highest BCUT2D eigenvalue weighted by Crippen LogP contribution is 2.45. The molecule has 0 saturated carbocycles. The van der Waals surface area contributed by atoms with Crippen LogP contribution in [0.3, 0.4) is 0 Å². The Morgan fingerprint density at radius 2 is 1.45 bits per heavy atom. The van der Waals surface area contributed by atoms with Crippen molar-refractivity contribution in [1.82, 2.24) is 0 Å². The van der Waals surface area contributed by atoms with Crippen LogP contribution in [-0.4, -0.2) is 11.5 Å². The number of hydrogen-bond donors (Lipinski definition) is 0. The van der Waals surface area contributed by atoms with Crippen molar-refractivity contribution in [2.24, 2.45) is 5.16 Å². The van der Waals surface area contributed by atoms with Gasteiger partial charge in [0.15, 0.2) is 5.60 Å². The second kappa shape index (κ2) is 7.67. The largest absolute Gasteiger partial charge is 0.384 e. The van der Waals surface area contributed by atoms with Gasteiger partial charge in [-0.2, -0.15) is 0 Å². The molecule has 0 N–H and O–H groups in total. The molecule has 0 fully saturated rings. The van der Waals surface area contributed by atoms with Gasteiger partial charge >= 0.3 is 0 Å². The van der Waals surface area contributed by atoms with Crippen LogP contribution in [0.5, 0.6) is 0 Å². The fraction of sp³-hybridized carbons (Fsp3) is 0.231. The fourth-order valence-corrected chi connectivity index (χ4v) is 4.15. The Bertz CT molecular complexity index is 1010. The van der Waals surface area contributed by atoms with Gasteiger partial charge in [-0.05, 0) is 16.5 Å². The van der Waals surface area contributed by atoms with E-state index in [1.807, 2.05) is 54.6 Å². The van der Waals surface area contributed by atoms with Crippen LogP contribution in [0.2, 0.25) is 0 Å². The minimum absolute atomic E-state index is 0.0686. The highest BCUT2D eigenvalue weighted by Gasteiger charge is 2.46. The molecule has 1 heterocycles. The van der Waals surface area contributed by atoms with Crippen LogP contribution in [0, 0.1) is 0 Å². The fourth-order valence-electron chi connectivity index (χ4n) is 4.15. The Kier molecular flexibility index (Phi) is 5.06. The SMILES string of the molecule is CC(C)(CC1(c2ccccc2)CC(C(=O)c2ccccc2)=NO1)c1ccccc1. The molecule has 29 heavy (non-hydrogen) atoms. The van der Waals surface area contributed by atoms with Crippen molar-refractivity contribution in [3.63, 3.8) is 0 Å². The zero-order valence-corrected chi connectivity index (χ0v) is 16.8. The van der Waals surface area contributed by atoms with Crippen LogP contribution in [0.25, 0.3) is 0 Å². The van der Waals surface area contributed by atoms with Gasteiger partial charge in [-0.3, -0.25) is 4.79 Å². The number of hydrogen-bond acceptors (Lipinski definition) is 3. The summed E-state index contributed by atoms with van der Waals surface area (Å²) in [6, 6.07) is 29.8. The quantitative estimate of drug-likeness (QED) is 0.496. The number of nitrogens with zero attached hydrogens (tertiary/aromatic N) is 1. The normalized spacial score (nSPS) is 18.8. The first-order chi connectivity index (χ1) is 14.0. The van der Waals surface area contributed by atoms with E-state index in [1.54, 1.807) is 0 Å². The average molecular weight is 383 g/mol. The van der Waals surface area contributed by atoms with Crippen molar-refractivity contribution in [3.8, 4) is 0 Å². The van der Waals surface area contributed by atoms with Crippen molar-refractivity contribution < 1.29 is 9.63 Å². The molecule has 146 valence electrons. The third-order valence-electron chi connectivity index (χ3n) is 5.66. The Hall–Kier alpha value is -3.20. The van der Waals surface area contributed by atoms with Gasteiger partial charge < -0.3 is 4.84 Å². The van der Waals surface area contributed by atoms with Crippen LogP contribution >= 0.6 is 0 Å². The zero-order chi connectivity index (χ0) is 20.3. The smallest absolute Gasteiger partial charge is 0.210 e. The number of carbonyl (C=O) groups is 1. The van der Waals surface area contributed by atoms with Crippen molar-refractivity contribution in [2.45, 2.75) is 37.7 Å². The molecule has 0 amide bonds. The highest BCUT2D eigenvalue weighted by atomic mass is 16.7. The first-order valence-corrected chi connectivity index (χ1v) is 9.96. The van der Waals surface area contributed by atoms with Crippen molar-refractivity contribution in [3.05, 3.63) is 108 Å². The number of Topliss-reactive ketones (excluding diaryl/α,β-unsaturated/α-hetero) is 1. The lowest BCUT2D eigenvalue weighted by atomic mass is 9.71. The second-order valence-electron chi connectivity index (χ2n) is 8.29. The Morgan fingerprint density at radius 1 is 0.897 bits per heavy atom. The van der Waals surface area contributed by atoms with Crippen LogP contribution in [0.1, 0.15) is 48.2 Å². The number of carbonyl (C=O) groups excluding carboxylic acids is 1. The summed E-state index contributed by atoms with van der Waals surface area (Å²) in [4.78, 5) is 19.1. The molecule has 0 radical (unpaired) electrons. The van der Waals surface area contributed by atoms with E-state index in [0.29, 0.717) is 24.1 Å². The van der Waals surface area contributed by atoms with E-state index in [-0.39, 0.29) is 11.2 Å². The summed E-state index contributed by atoms with van der Waals surface area (Å²) in [7, 11) is 0. The Balaban J connectivity index is 1.67. The molecule has 1 aliphatic rings. The molecule has 0 saturated heterocycles. The highest BCUT2D eigenvalue weighted by molar-refractivity contribution is 6.46. The maximum Gasteiger partial charge on any atom is 0.210 e. The van der Waals surface area contributed by atoms with Gasteiger partial charge in [-0.1, -0.05) is 110 Å². The lowest BCUT2D eigenvalue weighted by molar-refractivity contribution is -0.0434. The zero-order valence-electron chi connectivity index (χ0n) is 16.8. The third kappa shape index (κ3) is 3.86. The van der Waals surface area contributed by atoms with E-state index >= 15 is 0 Å². The van der Waals surface area contributed by atoms with Gasteiger partial charge in [0, 0.05) is 18.4 Å². The van der Waals surface area contributed by atoms with Gasteiger partial charge in [0.1, 0.15) is 5.71 Å². The third-order valence-corrected chi connectivity index (χ3v) is 5.66. The first-order valence-electron chi connectivity index (χ1n) is 9.96. The summed E-state index contributed by atoms with van der Waals surface area (Å²) in [5.41, 5.74) is 2.58. The van der Waals surface area contributed by atoms with E-state index in [2.05, 4.69) is 55.4 Å². The monoisotopic (exact) mass is 383 g/mol. The summed E-state index contributed by atoms with van der Waals surface area (Å²) in [6.45, 7) is 4.43. The molecule has 0 aromatic heterocycles. The Morgan fingerprint density at radius 3 is 2.07 bits per heavy atom. The maximum atomic E-state index is 13.0. The molecule has 4 rings (SSSR count). The topological polar surface area (TPSA) is 38.7 Å². The second-order valence-corrected chi connectivity index (χ2v) is 8.29. The number of benzene rings is 3. The van der Waals surface area contributed by atoms with Gasteiger partial charge in [0.05, 0.1) is 0 Å². The predicted octanol–water partition coefficient (Wildman–Crippen LogP) is 5.91. The average Bonchev–Trinajstić information content (AvgIpc) is 3.19. The molecule has 1 atom stereocenters. The molecule has 3 aromatic rings. The standard InChI is InChI=1S/C26H25NO2/c1-25(2,21-14-8-4-9-15-21)19-26(22-16-10-5-11-17-22)18-23(27-29-26)24(28)20-12-6-3-7-13-20/h3-17H,18-19H2,1-2H3. The molecular formula is C26H25NO2. The molecule has 3 heteroatoms. The summed E-state index contributed by atoms with van der Waals surface area (Å²) in [5, 5.41) is 4.29. The summed E-state index contributed by atoms with van der Waals surface area (Å²) in [5.74, 6) is -0.0686. The Labute approximate surface area is 172 Å². The van der Waals surface area contributed by atoms with Gasteiger partial charge in [-0.15, -0.1) is 0 Å². The molecule has 1 unspecified atom stereocenters. The molecule has 0 aliphatic carbocycles. The summed E-state index contributed by atoms with van der Waals surface area (Å²) < 4.78 is 0. The van der Waals surface area contributed by atoms with Crippen LogP contribution in [-0.2, 0) is 15.9 Å². The molecule has 0 spiro atoms. The van der Waals surface area contributed by atoms with E-state index in [1.165, 1.54) is 5.56 Å². The predicted molar refractivity (Wildman–Crippen MR) is 116 cm³/mol. The van der Waals surface area contributed by atoms with Crippen molar-refractivity contribution in [2.75, 3.05) is 0 Å². The summed E-state index contributed by atoms with van der Waals surface area (Å²) in [6.07, 6.45) is 1.17. The molecule has 3 nitrogen and oxygen atoms in total. The molecule has 0 bridgehead atoms. The van der Waals surface area contributed by atoms with Gasteiger partial charge in [-0.25, -0.2) is 0 Å². The lowest BCUT2D eigenvalue weighted by Crippen LogP contribution is -2.35. The summed E-state index contributed by atoms with van der Waals surface area (Å²) >= 11 is 0. The number of rotatable bonds is 6. The van der Waals surface area contributed by atoms with Crippen LogP contribution < -0.4 is 0 Å². The van der Waals surface area contributed by atoms with E-state index in [4.69, 9.17) is 4.84 Å². The number of ketones is 1. The lowest BCUT2D eigenvalue weighted by Gasteiger charge is -2.36. The number of oxime groups is 1. The molecule has 3 aromatic carbocycles. The molecule has 1 aliphatic heterocycles. The first kappa shape index (κ1) is 19.1. The minimum atomic E-state index is -0.666. The van der Waals surface area contributed by atoms with E-state index in [9.17, 15) is 4.79 Å². The molecular weight excluding hydrogens is 358 g/mol. The van der Waals surface area contributed by atoms with E-state index in [0.717, 1.165) is 5.56 Å². The minimum Gasteiger partial charge on any atom is -0.384 e. The van der Waals surface area contributed by atoms with Crippen LogP contribution in [0.4, 0.5) is 0 Å². The van der Waals surface area contributed by atoms with Crippen molar-refractivity contribution in [1.29, 1.82) is 0 Å². The maximum absolute atomic E-state index is 13.0. The van der Waals surface area contributed by atoms with Crippen LogP contribution in [0.15, 0.2) is 96.2 Å². The van der Waals surface area contributed by atoms with Gasteiger partial charge in [0.2, 0.25) is 5.78 Å². The van der Waals surface area contributed by atoms with Crippen molar-refractivity contribution >= 4 is 11.5 Å². The van der Waals surface area contributed by atoms with E-state index < -0.39 is 5.60 Å².